The minimum atomic E-state index is -3.99. The van der Waals surface area contributed by atoms with Crippen LogP contribution in [0, 0.1) is 0 Å². The molecule has 0 saturated carbocycles. The number of fused-ring (bicyclic) bond motifs is 2. The highest BCUT2D eigenvalue weighted by Gasteiger charge is 2.24. The predicted molar refractivity (Wildman–Crippen MR) is 282 cm³/mol. The van der Waals surface area contributed by atoms with E-state index >= 15 is 0 Å². The minimum Gasteiger partial charge on any atom is -0.508 e. The number of sulfonamides is 2. The van der Waals surface area contributed by atoms with E-state index in [4.69, 9.17) is 26.9 Å². The van der Waals surface area contributed by atoms with Crippen LogP contribution in [0.15, 0.2) is 122 Å². The summed E-state index contributed by atoms with van der Waals surface area (Å²) in [7, 11) is -7.97. The Morgan fingerprint density at radius 3 is 1.65 bits per heavy atom. The van der Waals surface area contributed by atoms with Crippen molar-refractivity contribution < 1.29 is 60.5 Å². The van der Waals surface area contributed by atoms with Crippen LogP contribution in [0.1, 0.15) is 36.0 Å². The number of aliphatic carboxylic acids is 1. The number of thiocarbonyl (C=S) groups is 1. The molecule has 1 aliphatic carbocycles. The van der Waals surface area contributed by atoms with Gasteiger partial charge in [-0.25, -0.2) is 31.9 Å². The molecular formula is C49H53N9O14S3. The number of hydrogen-bond donors (Lipinski definition) is 10. The first-order chi connectivity index (χ1) is 35.5. The summed E-state index contributed by atoms with van der Waals surface area (Å²) < 4.78 is 52.5. The summed E-state index contributed by atoms with van der Waals surface area (Å²) in [6.45, 7) is -1.03. The molecule has 0 radical (unpaired) electrons. The van der Waals surface area contributed by atoms with Crippen LogP contribution in [0.3, 0.4) is 0 Å². The molecule has 0 aromatic heterocycles. The second kappa shape index (κ2) is 25.4. The Morgan fingerprint density at radius 1 is 0.587 bits per heavy atom. The number of carbonyl (C=O) groups excluding carboxylic acids is 3. The van der Waals surface area contributed by atoms with Crippen molar-refractivity contribution in [1.29, 1.82) is 0 Å². The molecule has 12 N–H and O–H groups in total. The number of carbonyl (C=O) groups is 5. The Hall–Kier alpha value is -7.85. The van der Waals surface area contributed by atoms with Gasteiger partial charge in [0.25, 0.3) is 0 Å². The van der Waals surface area contributed by atoms with Gasteiger partial charge in [0, 0.05) is 71.9 Å². The van der Waals surface area contributed by atoms with Crippen molar-refractivity contribution >= 4 is 95.1 Å². The molecule has 2 aliphatic rings. The summed E-state index contributed by atoms with van der Waals surface area (Å²) >= 11 is 5.49. The molecule has 1 aliphatic heterocycles. The summed E-state index contributed by atoms with van der Waals surface area (Å²) in [5.41, 5.74) is 2.13. The molecule has 0 saturated heterocycles. The number of nitrogens with one attached hydrogen (secondary N) is 5. The molecule has 3 amide bonds. The molecule has 396 valence electrons. The van der Waals surface area contributed by atoms with Gasteiger partial charge in [-0.05, 0) is 116 Å². The maximum Gasteiger partial charge on any atom is 0.336 e. The molecule has 26 heteroatoms. The molecule has 4 aromatic carbocycles. The number of carboxylic acid groups (broad SMARTS) is 2. The highest BCUT2D eigenvalue weighted by atomic mass is 32.2. The van der Waals surface area contributed by atoms with Crippen LogP contribution in [0.4, 0.5) is 17.1 Å². The minimum absolute atomic E-state index is 0.0504. The molecular weight excluding hydrogens is 1030 g/mol. The lowest BCUT2D eigenvalue weighted by Gasteiger charge is -2.26. The van der Waals surface area contributed by atoms with Gasteiger partial charge in [-0.2, -0.15) is 0 Å². The quantitative estimate of drug-likeness (QED) is 0.0223. The largest absolute Gasteiger partial charge is 0.508 e. The summed E-state index contributed by atoms with van der Waals surface area (Å²) in [4.78, 5) is 78.3. The van der Waals surface area contributed by atoms with E-state index in [1.807, 2.05) is 0 Å². The molecule has 75 heavy (non-hydrogen) atoms. The lowest BCUT2D eigenvalue weighted by molar-refractivity contribution is -0.139. The van der Waals surface area contributed by atoms with E-state index in [9.17, 15) is 60.9 Å². The van der Waals surface area contributed by atoms with Gasteiger partial charge in [0.15, 0.2) is 10.5 Å². The summed E-state index contributed by atoms with van der Waals surface area (Å²) in [6, 6.07) is 23.5. The van der Waals surface area contributed by atoms with E-state index < -0.39 is 62.8 Å². The maximum absolute atomic E-state index is 13.2. The van der Waals surface area contributed by atoms with Crippen molar-refractivity contribution in [2.75, 3.05) is 68.3 Å². The lowest BCUT2D eigenvalue weighted by Crippen LogP contribution is -2.46. The molecule has 0 atom stereocenters. The second-order valence-electron chi connectivity index (χ2n) is 17.1. The van der Waals surface area contributed by atoms with Gasteiger partial charge in [-0.3, -0.25) is 33.8 Å². The fourth-order valence-corrected chi connectivity index (χ4v) is 9.05. The smallest absolute Gasteiger partial charge is 0.336 e. The van der Waals surface area contributed by atoms with Gasteiger partial charge in [-0.15, -0.1) is 0 Å². The van der Waals surface area contributed by atoms with Crippen molar-refractivity contribution in [3.63, 3.8) is 0 Å². The SMILES string of the molecule is NS(=O)(=O)c1ccc(NC(=O)CN(CCN(CC(=O)NCCCCCCNC(=S)Nc2ccc(-c3c4ccc(=O)cc-4oc4cc(O)ccc34)c(C(=O)O)c2)CC(=O)Nc2ccc(S(N)(=O)=O)cc2)CC(=O)O)cc1. The number of benzene rings is 5. The average molecular weight is 1090 g/mol. The van der Waals surface area contributed by atoms with Gasteiger partial charge >= 0.3 is 11.9 Å². The summed E-state index contributed by atoms with van der Waals surface area (Å²) in [5.74, 6) is -3.97. The van der Waals surface area contributed by atoms with Crippen LogP contribution in [0.5, 0.6) is 5.75 Å². The maximum atomic E-state index is 13.2. The van der Waals surface area contributed by atoms with Crippen LogP contribution in [-0.4, -0.2) is 129 Å². The Balaban J connectivity index is 0.982. The van der Waals surface area contributed by atoms with Crippen LogP contribution < -0.4 is 42.3 Å². The fraction of sp³-hybridized carbons (Fsp3) is 0.245. The van der Waals surface area contributed by atoms with Gasteiger partial charge in [0.05, 0.1) is 41.5 Å². The Morgan fingerprint density at radius 2 is 1.11 bits per heavy atom. The third-order valence-corrected chi connectivity index (χ3v) is 13.4. The number of unbranched alkanes of at least 4 members (excludes halogenated alkanes) is 3. The number of amides is 3. The average Bonchev–Trinajstić information content (AvgIpc) is 3.32. The Kier molecular flexibility index (Phi) is 19.1. The number of phenolic OH excluding ortho intramolecular Hbond substituents is 1. The van der Waals surface area contributed by atoms with Crippen molar-refractivity contribution in [3.8, 4) is 28.2 Å². The number of hydrogen-bond acceptors (Lipinski definition) is 15. The zero-order valence-corrected chi connectivity index (χ0v) is 42.4. The molecule has 4 aromatic rings. The molecule has 1 heterocycles. The molecule has 0 fully saturated rings. The monoisotopic (exact) mass is 1090 g/mol. The number of primary sulfonamides is 2. The van der Waals surface area contributed by atoms with Crippen molar-refractivity contribution in [2.45, 2.75) is 35.5 Å². The van der Waals surface area contributed by atoms with Gasteiger partial charge in [-0.1, -0.05) is 18.9 Å². The van der Waals surface area contributed by atoms with Crippen LogP contribution in [0.2, 0.25) is 0 Å². The number of rotatable bonds is 25. The van der Waals surface area contributed by atoms with Crippen molar-refractivity contribution in [3.05, 3.63) is 119 Å². The number of aromatic hydroxyl groups is 1. The zero-order valence-electron chi connectivity index (χ0n) is 39.9. The zero-order chi connectivity index (χ0) is 54.5. The number of anilines is 3. The van der Waals surface area contributed by atoms with Crippen LogP contribution >= 0.6 is 12.2 Å². The molecule has 6 rings (SSSR count). The van der Waals surface area contributed by atoms with E-state index in [-0.39, 0.29) is 80.5 Å². The topological polar surface area (TPSA) is 363 Å². The summed E-state index contributed by atoms with van der Waals surface area (Å²) in [5, 5.41) is 55.2. The second-order valence-corrected chi connectivity index (χ2v) is 20.6. The number of nitrogens with zero attached hydrogens (tertiary/aromatic N) is 2. The molecule has 23 nitrogen and oxygen atoms in total. The van der Waals surface area contributed by atoms with Gasteiger partial charge < -0.3 is 46.3 Å². The van der Waals surface area contributed by atoms with Crippen molar-refractivity contribution in [1.82, 2.24) is 20.4 Å². The summed E-state index contributed by atoms with van der Waals surface area (Å²) in [6.07, 6.45) is 2.76. The highest BCUT2D eigenvalue weighted by molar-refractivity contribution is 7.89. The normalized spacial score (nSPS) is 11.6. The lowest BCUT2D eigenvalue weighted by atomic mass is 9.90. The fourth-order valence-electron chi connectivity index (χ4n) is 7.80. The Labute approximate surface area is 435 Å². The number of nitrogens with two attached hydrogens (primary N) is 2. The van der Waals surface area contributed by atoms with Crippen LogP contribution in [0.25, 0.3) is 33.4 Å². The first-order valence-corrected chi connectivity index (χ1v) is 26.4. The third-order valence-electron chi connectivity index (χ3n) is 11.3. The van der Waals surface area contributed by atoms with E-state index in [1.54, 1.807) is 24.3 Å². The number of aromatic carboxylic acids is 1. The number of phenols is 1. The first-order valence-electron chi connectivity index (χ1n) is 22.9. The van der Waals surface area contributed by atoms with E-state index in [1.165, 1.54) is 88.7 Å². The van der Waals surface area contributed by atoms with E-state index in [2.05, 4.69) is 26.6 Å². The number of carboxylic acids is 2. The Bertz CT molecular complexity index is 3360. The first kappa shape index (κ1) is 56.4. The van der Waals surface area contributed by atoms with Gasteiger partial charge in [0.2, 0.25) is 37.8 Å². The van der Waals surface area contributed by atoms with Crippen molar-refractivity contribution in [2.24, 2.45) is 10.3 Å². The third kappa shape index (κ3) is 16.8. The molecule has 0 spiro atoms. The van der Waals surface area contributed by atoms with E-state index in [0.29, 0.717) is 53.7 Å². The van der Waals surface area contributed by atoms with Crippen LogP contribution in [-0.2, 0) is 39.2 Å². The standard InChI is InChI=1S/C49H53N9O14S3/c50-74(68,69)35-12-5-30(6-13-35)54-44(62)27-57(21-22-58(29-46(64)65)28-45(63)55-31-7-14-36(15-8-31)75(51,70)71)26-43(61)52-19-3-1-2-4-20-53-49(73)56-32-9-16-37(40(23-32)48(66)67)47-38-17-10-33(59)24-41(38)72-42-25-34(60)11-18-39(42)47/h5-18,23-25,59H,1-4,19-22,26-29H2,(H,52,61)(H,54,62)(H,55,63)(H,64,65)(H,66,67)(H2,50,68,69)(H2,51,70,71)(H2,53,56,73). The van der Waals surface area contributed by atoms with Gasteiger partial charge in [0.1, 0.15) is 17.1 Å². The predicted octanol–water partition coefficient (Wildman–Crippen LogP) is 3.19. The van der Waals surface area contributed by atoms with E-state index in [0.717, 1.165) is 12.8 Å². The molecule has 0 unspecified atom stereocenters. The molecule has 0 bridgehead atoms. The highest BCUT2D eigenvalue weighted by Crippen LogP contribution is 2.42.